The Morgan fingerprint density at radius 3 is 2.72 bits per heavy atom. The lowest BCUT2D eigenvalue weighted by Crippen LogP contribution is -2.22. The molecule has 0 saturated heterocycles. The molecule has 1 saturated carbocycles. The molecule has 5 rings (SSSR count). The van der Waals surface area contributed by atoms with E-state index in [9.17, 15) is 9.90 Å². The fraction of sp³-hybridized carbons (Fsp3) is 0.300. The zero-order valence-electron chi connectivity index (χ0n) is 15.8. The zero-order chi connectivity index (χ0) is 20.1. The first kappa shape index (κ1) is 17.9. The van der Waals surface area contributed by atoms with Gasteiger partial charge in [0.05, 0.1) is 29.0 Å². The summed E-state index contributed by atoms with van der Waals surface area (Å²) in [4.78, 5) is 16.5. The van der Waals surface area contributed by atoms with Crippen molar-refractivity contribution in [2.24, 2.45) is 13.0 Å². The molecule has 1 N–H and O–H groups in total. The molecule has 29 heavy (non-hydrogen) atoms. The van der Waals surface area contributed by atoms with E-state index in [0.29, 0.717) is 22.2 Å². The van der Waals surface area contributed by atoms with Crippen LogP contribution in [0.1, 0.15) is 18.5 Å². The SMILES string of the molecule is Cn1c(O)cn(Cc2ccc(-c3ccc4c(nnn4CC4CC4)c3Cl)cn2)c1=O. The number of imidazole rings is 1. The Morgan fingerprint density at radius 2 is 2.07 bits per heavy atom. The van der Waals surface area contributed by atoms with Crippen LogP contribution < -0.4 is 5.69 Å². The second-order valence-corrected chi connectivity index (χ2v) is 7.88. The highest BCUT2D eigenvalue weighted by Crippen LogP contribution is 2.35. The third kappa shape index (κ3) is 3.19. The summed E-state index contributed by atoms with van der Waals surface area (Å²) in [6, 6.07) is 7.72. The van der Waals surface area contributed by atoms with Crippen LogP contribution in [0.2, 0.25) is 5.02 Å². The number of aromatic hydroxyl groups is 1. The highest BCUT2D eigenvalue weighted by Gasteiger charge is 2.24. The second kappa shape index (κ2) is 6.73. The fourth-order valence-electron chi connectivity index (χ4n) is 3.44. The summed E-state index contributed by atoms with van der Waals surface area (Å²) in [6.07, 6.45) is 5.62. The van der Waals surface area contributed by atoms with Gasteiger partial charge in [-0.15, -0.1) is 5.10 Å². The number of fused-ring (bicyclic) bond motifs is 1. The van der Waals surface area contributed by atoms with Gasteiger partial charge in [0.1, 0.15) is 5.52 Å². The summed E-state index contributed by atoms with van der Waals surface area (Å²) in [6.45, 7) is 1.16. The lowest BCUT2D eigenvalue weighted by molar-refractivity contribution is 0.429. The summed E-state index contributed by atoms with van der Waals surface area (Å²) in [5, 5.41) is 18.8. The summed E-state index contributed by atoms with van der Waals surface area (Å²) in [5.41, 5.74) is 3.75. The summed E-state index contributed by atoms with van der Waals surface area (Å²) in [7, 11) is 1.52. The van der Waals surface area contributed by atoms with E-state index in [1.165, 1.54) is 35.2 Å². The molecule has 1 aliphatic carbocycles. The lowest BCUT2D eigenvalue weighted by atomic mass is 10.1. The Bertz CT molecular complexity index is 1270. The largest absolute Gasteiger partial charge is 0.493 e. The molecule has 3 heterocycles. The topological polar surface area (TPSA) is 90.8 Å². The number of hydrogen-bond donors (Lipinski definition) is 1. The molecule has 148 valence electrons. The monoisotopic (exact) mass is 410 g/mol. The van der Waals surface area contributed by atoms with Crippen molar-refractivity contribution >= 4 is 22.6 Å². The lowest BCUT2D eigenvalue weighted by Gasteiger charge is -2.07. The van der Waals surface area contributed by atoms with Crippen molar-refractivity contribution < 1.29 is 5.11 Å². The van der Waals surface area contributed by atoms with Gasteiger partial charge < -0.3 is 5.11 Å². The first-order chi connectivity index (χ1) is 14.0. The van der Waals surface area contributed by atoms with Crippen LogP contribution >= 0.6 is 11.6 Å². The predicted octanol–water partition coefficient (Wildman–Crippen LogP) is 2.81. The molecule has 8 nitrogen and oxygen atoms in total. The third-order valence-electron chi connectivity index (χ3n) is 5.37. The Balaban J connectivity index is 1.43. The van der Waals surface area contributed by atoms with E-state index >= 15 is 0 Å². The summed E-state index contributed by atoms with van der Waals surface area (Å²) >= 11 is 6.63. The maximum Gasteiger partial charge on any atom is 0.331 e. The molecule has 0 spiro atoms. The van der Waals surface area contributed by atoms with E-state index in [2.05, 4.69) is 15.3 Å². The van der Waals surface area contributed by atoms with Crippen molar-refractivity contribution in [2.75, 3.05) is 0 Å². The van der Waals surface area contributed by atoms with E-state index < -0.39 is 0 Å². The maximum atomic E-state index is 12.0. The van der Waals surface area contributed by atoms with Crippen LogP contribution in [0, 0.1) is 5.92 Å². The van der Waals surface area contributed by atoms with Gasteiger partial charge in [0, 0.05) is 30.9 Å². The highest BCUT2D eigenvalue weighted by molar-refractivity contribution is 6.37. The molecule has 0 radical (unpaired) electrons. The Morgan fingerprint density at radius 1 is 1.24 bits per heavy atom. The summed E-state index contributed by atoms with van der Waals surface area (Å²) in [5.74, 6) is 0.621. The van der Waals surface area contributed by atoms with Gasteiger partial charge in [-0.05, 0) is 30.9 Å². The van der Waals surface area contributed by atoms with Crippen molar-refractivity contribution in [1.82, 2.24) is 29.1 Å². The number of halogens is 1. The first-order valence-corrected chi connectivity index (χ1v) is 9.81. The van der Waals surface area contributed by atoms with Crippen LogP contribution in [0.4, 0.5) is 0 Å². The van der Waals surface area contributed by atoms with Gasteiger partial charge in [0.25, 0.3) is 0 Å². The maximum absolute atomic E-state index is 12.0. The number of rotatable bonds is 5. The van der Waals surface area contributed by atoms with E-state index in [0.717, 1.165) is 23.2 Å². The fourth-order valence-corrected chi connectivity index (χ4v) is 3.75. The number of pyridine rings is 1. The van der Waals surface area contributed by atoms with Crippen molar-refractivity contribution in [1.29, 1.82) is 0 Å². The molecule has 9 heteroatoms. The van der Waals surface area contributed by atoms with Gasteiger partial charge in [0.2, 0.25) is 5.88 Å². The predicted molar refractivity (Wildman–Crippen MR) is 109 cm³/mol. The molecule has 1 aromatic carbocycles. The number of nitrogens with zero attached hydrogens (tertiary/aromatic N) is 6. The highest BCUT2D eigenvalue weighted by atomic mass is 35.5. The minimum absolute atomic E-state index is 0.0820. The Hall–Kier alpha value is -3.13. The van der Waals surface area contributed by atoms with Crippen molar-refractivity contribution in [2.45, 2.75) is 25.9 Å². The zero-order valence-corrected chi connectivity index (χ0v) is 16.5. The van der Waals surface area contributed by atoms with E-state index in [1.807, 2.05) is 28.9 Å². The van der Waals surface area contributed by atoms with Crippen LogP contribution in [0.3, 0.4) is 0 Å². The quantitative estimate of drug-likeness (QED) is 0.546. The number of hydrogen-bond acceptors (Lipinski definition) is 5. The average molecular weight is 411 g/mol. The average Bonchev–Trinajstić information content (AvgIpc) is 3.40. The second-order valence-electron chi connectivity index (χ2n) is 7.50. The standard InChI is InChI=1S/C20H19ClN6O2/c1-25-17(28)11-26(20(25)29)10-14-5-4-13(8-22-14)15-6-7-16-19(18(15)21)23-24-27(16)9-12-2-3-12/h4-8,11-12,28H,2-3,9-10H2,1H3. The van der Waals surface area contributed by atoms with E-state index in [1.54, 1.807) is 6.20 Å². The van der Waals surface area contributed by atoms with E-state index in [4.69, 9.17) is 11.6 Å². The number of aromatic nitrogens is 6. The molecule has 1 fully saturated rings. The molecular weight excluding hydrogens is 392 g/mol. The van der Waals surface area contributed by atoms with Crippen molar-refractivity contribution in [3.05, 3.63) is 57.9 Å². The Labute approximate surface area is 171 Å². The molecule has 0 atom stereocenters. The molecule has 0 unspecified atom stereocenters. The minimum Gasteiger partial charge on any atom is -0.493 e. The molecule has 3 aromatic heterocycles. The van der Waals surface area contributed by atoms with Crippen LogP contribution in [-0.4, -0.2) is 34.2 Å². The van der Waals surface area contributed by atoms with Gasteiger partial charge in [-0.3, -0.25) is 14.1 Å². The molecule has 1 aliphatic rings. The van der Waals surface area contributed by atoms with Crippen LogP contribution in [0.15, 0.2) is 41.5 Å². The minimum atomic E-state index is -0.295. The first-order valence-electron chi connectivity index (χ1n) is 9.43. The molecular formula is C20H19ClN6O2. The Kier molecular flexibility index (Phi) is 4.16. The number of benzene rings is 1. The van der Waals surface area contributed by atoms with Gasteiger partial charge in [-0.2, -0.15) is 0 Å². The normalized spacial score (nSPS) is 14.0. The molecule has 0 amide bonds. The van der Waals surface area contributed by atoms with Gasteiger partial charge >= 0.3 is 5.69 Å². The molecule has 0 bridgehead atoms. The van der Waals surface area contributed by atoms with Crippen LogP contribution in [-0.2, 0) is 20.1 Å². The van der Waals surface area contributed by atoms with Gasteiger partial charge in [0.15, 0.2) is 0 Å². The van der Waals surface area contributed by atoms with E-state index in [-0.39, 0.29) is 18.1 Å². The van der Waals surface area contributed by atoms with Gasteiger partial charge in [-0.25, -0.2) is 9.48 Å². The molecule has 4 aromatic rings. The van der Waals surface area contributed by atoms with Gasteiger partial charge in [-0.1, -0.05) is 28.9 Å². The van der Waals surface area contributed by atoms with Crippen molar-refractivity contribution in [3.63, 3.8) is 0 Å². The van der Waals surface area contributed by atoms with Crippen molar-refractivity contribution in [3.8, 4) is 17.0 Å². The molecule has 0 aliphatic heterocycles. The van der Waals surface area contributed by atoms with Crippen LogP contribution in [0.5, 0.6) is 5.88 Å². The smallest absolute Gasteiger partial charge is 0.331 e. The summed E-state index contributed by atoms with van der Waals surface area (Å²) < 4.78 is 4.52. The van der Waals surface area contributed by atoms with Crippen LogP contribution in [0.25, 0.3) is 22.2 Å². The third-order valence-corrected chi connectivity index (χ3v) is 5.75.